The molecule has 2 atom stereocenters. The van der Waals surface area contributed by atoms with Gasteiger partial charge in [-0.05, 0) is 17.9 Å². The van der Waals surface area contributed by atoms with Crippen LogP contribution >= 0.6 is 0 Å². The Morgan fingerprint density at radius 1 is 1.24 bits per heavy atom. The van der Waals surface area contributed by atoms with E-state index in [4.69, 9.17) is 4.74 Å². The van der Waals surface area contributed by atoms with E-state index in [9.17, 15) is 14.7 Å². The molecule has 0 spiro atoms. The van der Waals surface area contributed by atoms with Gasteiger partial charge in [0, 0.05) is 12.0 Å². The molecule has 0 radical (unpaired) electrons. The van der Waals surface area contributed by atoms with Crippen LogP contribution in [0.25, 0.3) is 0 Å². The van der Waals surface area contributed by atoms with Crippen LogP contribution in [-0.2, 0) is 20.9 Å². The summed E-state index contributed by atoms with van der Waals surface area (Å²) in [5, 5.41) is 13.0. The lowest BCUT2D eigenvalue weighted by Crippen LogP contribution is -2.44. The van der Waals surface area contributed by atoms with Crippen molar-refractivity contribution in [3.63, 3.8) is 0 Å². The number of alkyl carbamates (subject to hydrolysis) is 1. The van der Waals surface area contributed by atoms with Crippen molar-refractivity contribution in [2.75, 3.05) is 7.11 Å². The number of methoxy groups -OCH3 is 1. The summed E-state index contributed by atoms with van der Waals surface area (Å²) in [5.41, 5.74) is 1.03. The van der Waals surface area contributed by atoms with Crippen LogP contribution in [0.2, 0.25) is 0 Å². The summed E-state index contributed by atoms with van der Waals surface area (Å²) >= 11 is 0. The van der Waals surface area contributed by atoms with Gasteiger partial charge in [-0.25, -0.2) is 9.59 Å². The van der Waals surface area contributed by atoms with E-state index >= 15 is 0 Å². The van der Waals surface area contributed by atoms with Gasteiger partial charge in [-0.15, -0.1) is 0 Å². The number of benzene rings is 1. The van der Waals surface area contributed by atoms with Crippen molar-refractivity contribution >= 4 is 12.1 Å². The highest BCUT2D eigenvalue weighted by Gasteiger charge is 2.25. The van der Waals surface area contributed by atoms with E-state index in [0.29, 0.717) is 6.42 Å². The second-order valence-electron chi connectivity index (χ2n) is 6.31. The molecule has 1 amide bonds. The van der Waals surface area contributed by atoms with Crippen LogP contribution in [0.1, 0.15) is 32.3 Å². The Morgan fingerprint density at radius 3 is 2.44 bits per heavy atom. The Bertz CT molecular complexity index is 570. The van der Waals surface area contributed by atoms with Crippen LogP contribution in [0.3, 0.4) is 0 Å². The molecule has 0 aromatic heterocycles. The Morgan fingerprint density at radius 2 is 1.88 bits per heavy atom. The van der Waals surface area contributed by atoms with Crippen LogP contribution < -0.4 is 5.32 Å². The summed E-state index contributed by atoms with van der Waals surface area (Å²) in [5.74, 6) is -0.338. The second-order valence-corrected chi connectivity index (χ2v) is 6.31. The average molecular weight is 349 g/mol. The number of hydrogen-bond acceptors (Lipinski definition) is 5. The van der Waals surface area contributed by atoms with E-state index < -0.39 is 24.2 Å². The zero-order valence-electron chi connectivity index (χ0n) is 15.0. The second kappa shape index (κ2) is 10.5. The van der Waals surface area contributed by atoms with Gasteiger partial charge in [0.1, 0.15) is 6.61 Å². The molecule has 138 valence electrons. The van der Waals surface area contributed by atoms with Gasteiger partial charge in [-0.2, -0.15) is 0 Å². The average Bonchev–Trinajstić information content (AvgIpc) is 2.59. The highest BCUT2D eigenvalue weighted by molar-refractivity contribution is 5.87. The summed E-state index contributed by atoms with van der Waals surface area (Å²) in [4.78, 5) is 23.5. The molecule has 0 saturated heterocycles. The van der Waals surface area contributed by atoms with Crippen molar-refractivity contribution in [3.05, 3.63) is 48.0 Å². The lowest BCUT2D eigenvalue weighted by atomic mass is 9.95. The Balaban J connectivity index is 2.60. The predicted octanol–water partition coefficient (Wildman–Crippen LogP) is 2.81. The largest absolute Gasteiger partial charge is 0.466 e. The molecular formula is C19H27NO5. The highest BCUT2D eigenvalue weighted by Crippen LogP contribution is 2.15. The van der Waals surface area contributed by atoms with Crippen molar-refractivity contribution in [2.24, 2.45) is 5.92 Å². The minimum Gasteiger partial charge on any atom is -0.466 e. The van der Waals surface area contributed by atoms with Crippen molar-refractivity contribution in [2.45, 2.75) is 45.4 Å². The minimum absolute atomic E-state index is 0.0169. The van der Waals surface area contributed by atoms with Crippen LogP contribution in [0.5, 0.6) is 0 Å². The third-order valence-corrected chi connectivity index (χ3v) is 3.64. The molecule has 0 aliphatic rings. The van der Waals surface area contributed by atoms with Crippen molar-refractivity contribution in [1.82, 2.24) is 5.32 Å². The molecular weight excluding hydrogens is 322 g/mol. The topological polar surface area (TPSA) is 84.9 Å². The molecule has 0 aliphatic heterocycles. The van der Waals surface area contributed by atoms with Crippen LogP contribution in [0.15, 0.2) is 42.5 Å². The van der Waals surface area contributed by atoms with Crippen LogP contribution in [-0.4, -0.2) is 36.4 Å². The number of aliphatic hydroxyl groups excluding tert-OH is 1. The predicted molar refractivity (Wildman–Crippen MR) is 94.8 cm³/mol. The Labute approximate surface area is 148 Å². The zero-order chi connectivity index (χ0) is 18.8. The first kappa shape index (κ1) is 20.7. The third-order valence-electron chi connectivity index (χ3n) is 3.64. The van der Waals surface area contributed by atoms with Gasteiger partial charge in [-0.3, -0.25) is 0 Å². The molecule has 1 aromatic carbocycles. The standard InChI is InChI=1S/C19H27NO5/c1-13(2)10-16(17(21)11-14(3)18(22)24-4)20-19(23)25-12-15-8-6-5-7-9-15/h5-9,13,16-17,21H,3,10-12H2,1-2,4H3,(H,20,23)/t16-,17-/m0/s1. The van der Waals surface area contributed by atoms with Gasteiger partial charge < -0.3 is 19.9 Å². The maximum absolute atomic E-state index is 12.0. The summed E-state index contributed by atoms with van der Waals surface area (Å²) in [6.07, 6.45) is -1.02. The van der Waals surface area contributed by atoms with Gasteiger partial charge >= 0.3 is 12.1 Å². The number of ether oxygens (including phenoxy) is 2. The maximum Gasteiger partial charge on any atom is 0.407 e. The first-order valence-corrected chi connectivity index (χ1v) is 8.24. The Hall–Kier alpha value is -2.34. The molecule has 0 bridgehead atoms. The smallest absolute Gasteiger partial charge is 0.407 e. The lowest BCUT2D eigenvalue weighted by Gasteiger charge is -2.25. The number of carbonyl (C=O) groups excluding carboxylic acids is 2. The van der Waals surface area contributed by atoms with Crippen molar-refractivity contribution in [3.8, 4) is 0 Å². The third kappa shape index (κ3) is 7.85. The van der Waals surface area contributed by atoms with Gasteiger partial charge in [0.25, 0.3) is 0 Å². The minimum atomic E-state index is -0.960. The van der Waals surface area contributed by atoms with Gasteiger partial charge in [-0.1, -0.05) is 50.8 Å². The fraction of sp³-hybridized carbons (Fsp3) is 0.474. The zero-order valence-corrected chi connectivity index (χ0v) is 15.0. The first-order chi connectivity index (χ1) is 11.8. The molecule has 0 heterocycles. The number of aliphatic hydroxyl groups is 1. The molecule has 0 fully saturated rings. The summed E-state index contributed by atoms with van der Waals surface area (Å²) in [7, 11) is 1.25. The van der Waals surface area contributed by atoms with Crippen LogP contribution in [0.4, 0.5) is 4.79 Å². The van der Waals surface area contributed by atoms with E-state index in [1.54, 1.807) is 0 Å². The molecule has 6 heteroatoms. The number of esters is 1. The highest BCUT2D eigenvalue weighted by atomic mass is 16.5. The molecule has 0 unspecified atom stereocenters. The normalized spacial score (nSPS) is 13.0. The van der Waals surface area contributed by atoms with E-state index in [2.05, 4.69) is 16.6 Å². The Kier molecular flexibility index (Phi) is 8.70. The molecule has 1 aromatic rings. The van der Waals surface area contributed by atoms with E-state index in [0.717, 1.165) is 5.56 Å². The van der Waals surface area contributed by atoms with Gasteiger partial charge in [0.05, 0.1) is 19.3 Å². The monoisotopic (exact) mass is 349 g/mol. The number of amides is 1. The summed E-state index contributed by atoms with van der Waals surface area (Å²) in [6, 6.07) is 8.76. The van der Waals surface area contributed by atoms with Crippen molar-refractivity contribution < 1.29 is 24.2 Å². The number of rotatable bonds is 9. The molecule has 0 saturated carbocycles. The fourth-order valence-corrected chi connectivity index (χ4v) is 2.36. The summed E-state index contributed by atoms with van der Waals surface area (Å²) in [6.45, 7) is 7.70. The van der Waals surface area contributed by atoms with Crippen molar-refractivity contribution in [1.29, 1.82) is 0 Å². The first-order valence-electron chi connectivity index (χ1n) is 8.24. The molecule has 1 rings (SSSR count). The van der Waals surface area contributed by atoms with E-state index in [1.165, 1.54) is 7.11 Å². The van der Waals surface area contributed by atoms with Crippen LogP contribution in [0, 0.1) is 5.92 Å². The number of carbonyl (C=O) groups is 2. The fourth-order valence-electron chi connectivity index (χ4n) is 2.36. The quantitative estimate of drug-likeness (QED) is 0.529. The molecule has 2 N–H and O–H groups in total. The number of nitrogens with one attached hydrogen (secondary N) is 1. The SMILES string of the molecule is C=C(C[C@H](O)[C@H](CC(C)C)NC(=O)OCc1ccccc1)C(=O)OC. The molecule has 6 nitrogen and oxygen atoms in total. The molecule has 0 aliphatic carbocycles. The summed E-state index contributed by atoms with van der Waals surface area (Å²) < 4.78 is 9.77. The molecule has 25 heavy (non-hydrogen) atoms. The number of hydrogen-bond donors (Lipinski definition) is 2. The van der Waals surface area contributed by atoms with E-state index in [-0.39, 0.29) is 24.5 Å². The van der Waals surface area contributed by atoms with E-state index in [1.807, 2.05) is 44.2 Å². The lowest BCUT2D eigenvalue weighted by molar-refractivity contribution is -0.136. The van der Waals surface area contributed by atoms with Gasteiger partial charge in [0.2, 0.25) is 0 Å². The van der Waals surface area contributed by atoms with Gasteiger partial charge in [0.15, 0.2) is 0 Å². The maximum atomic E-state index is 12.0.